The van der Waals surface area contributed by atoms with Crippen LogP contribution in [0.15, 0.2) is 94.2 Å². The van der Waals surface area contributed by atoms with E-state index in [4.69, 9.17) is 19.4 Å². The van der Waals surface area contributed by atoms with Gasteiger partial charge in [0.2, 0.25) is 5.91 Å². The molecule has 3 aromatic carbocycles. The minimum Gasteiger partial charge on any atom is -0.497 e. The molecular weight excluding hydrogens is 553 g/mol. The number of rotatable bonds is 8. The van der Waals surface area contributed by atoms with Gasteiger partial charge >= 0.3 is 0 Å². The zero-order chi connectivity index (χ0) is 28.2. The van der Waals surface area contributed by atoms with E-state index in [-0.39, 0.29) is 5.91 Å². The van der Waals surface area contributed by atoms with E-state index < -0.39 is 0 Å². The van der Waals surface area contributed by atoms with Crippen molar-refractivity contribution >= 4 is 50.7 Å². The SMILES string of the molecule is COc1cccc(Sc2cnc(Nc3nc(C4CCN(C(C)=O)CC4)cs3)c(Oc3ccc4ccccc4c3)c2)c1. The van der Waals surface area contributed by atoms with Crippen LogP contribution >= 0.6 is 23.1 Å². The van der Waals surface area contributed by atoms with Crippen molar-refractivity contribution in [3.05, 3.63) is 90.1 Å². The maximum absolute atomic E-state index is 11.7. The van der Waals surface area contributed by atoms with Crippen LogP contribution in [0.4, 0.5) is 10.9 Å². The second-order valence-corrected chi connectivity index (χ2v) is 11.9. The average Bonchev–Trinajstić information content (AvgIpc) is 3.47. The monoisotopic (exact) mass is 582 g/mol. The van der Waals surface area contributed by atoms with Gasteiger partial charge in [-0.05, 0) is 53.9 Å². The first-order chi connectivity index (χ1) is 20.0. The summed E-state index contributed by atoms with van der Waals surface area (Å²) in [6.45, 7) is 3.19. The Labute approximate surface area is 247 Å². The maximum Gasteiger partial charge on any atom is 0.219 e. The summed E-state index contributed by atoms with van der Waals surface area (Å²) in [5.41, 5.74) is 1.06. The molecule has 5 aromatic rings. The van der Waals surface area contributed by atoms with Crippen LogP contribution < -0.4 is 14.8 Å². The summed E-state index contributed by atoms with van der Waals surface area (Å²) in [4.78, 5) is 25.2. The lowest BCUT2D eigenvalue weighted by Gasteiger charge is -2.30. The van der Waals surface area contributed by atoms with Crippen LogP contribution in [0.1, 0.15) is 31.4 Å². The normalized spacial score (nSPS) is 13.8. The first-order valence-electron chi connectivity index (χ1n) is 13.5. The molecule has 1 fully saturated rings. The second-order valence-electron chi connectivity index (χ2n) is 9.89. The van der Waals surface area contributed by atoms with Crippen molar-refractivity contribution in [2.45, 2.75) is 35.5 Å². The molecule has 2 aromatic heterocycles. The van der Waals surface area contributed by atoms with Crippen molar-refractivity contribution in [2.75, 3.05) is 25.5 Å². The molecule has 0 spiro atoms. The fourth-order valence-corrected chi connectivity index (χ4v) is 6.59. The van der Waals surface area contributed by atoms with Crippen LogP contribution in [-0.2, 0) is 4.79 Å². The molecule has 1 amide bonds. The Bertz CT molecular complexity index is 1680. The molecule has 6 rings (SSSR count). The minimum absolute atomic E-state index is 0.141. The Morgan fingerprint density at radius 3 is 2.61 bits per heavy atom. The highest BCUT2D eigenvalue weighted by Crippen LogP contribution is 2.38. The van der Waals surface area contributed by atoms with Gasteiger partial charge in [-0.3, -0.25) is 4.79 Å². The number of ether oxygens (including phenoxy) is 2. The quantitative estimate of drug-likeness (QED) is 0.198. The minimum atomic E-state index is 0.141. The molecule has 41 heavy (non-hydrogen) atoms. The van der Waals surface area contributed by atoms with Crippen molar-refractivity contribution in [1.82, 2.24) is 14.9 Å². The first kappa shape index (κ1) is 27.1. The predicted octanol–water partition coefficient (Wildman–Crippen LogP) is 8.11. The molecule has 0 aliphatic carbocycles. The van der Waals surface area contributed by atoms with Crippen LogP contribution in [0.5, 0.6) is 17.2 Å². The Kier molecular flexibility index (Phi) is 8.07. The number of nitrogens with one attached hydrogen (secondary N) is 1. The number of amides is 1. The topological polar surface area (TPSA) is 76.6 Å². The van der Waals surface area contributed by atoms with E-state index >= 15 is 0 Å². The zero-order valence-electron chi connectivity index (χ0n) is 22.9. The third-order valence-electron chi connectivity index (χ3n) is 7.16. The lowest BCUT2D eigenvalue weighted by Crippen LogP contribution is -2.36. The van der Waals surface area contributed by atoms with E-state index in [1.165, 1.54) is 0 Å². The van der Waals surface area contributed by atoms with E-state index in [9.17, 15) is 4.79 Å². The summed E-state index contributed by atoms with van der Waals surface area (Å²) in [5.74, 6) is 3.23. The number of hydrogen-bond acceptors (Lipinski definition) is 8. The smallest absolute Gasteiger partial charge is 0.219 e. The number of hydrogen-bond donors (Lipinski definition) is 1. The van der Waals surface area contributed by atoms with Crippen LogP contribution in [0.25, 0.3) is 10.8 Å². The highest BCUT2D eigenvalue weighted by atomic mass is 32.2. The van der Waals surface area contributed by atoms with E-state index in [0.717, 1.165) is 68.8 Å². The second kappa shape index (κ2) is 12.2. The standard InChI is InChI=1S/C32H30N4O3S2/c1-21(37)36-14-12-23(13-15-36)29-20-40-32(34-29)35-31-30(39-26-11-10-22-6-3-4-7-24(22)16-26)18-28(19-33-31)41-27-9-5-8-25(17-27)38-2/h3-11,16-20,23H,12-15H2,1-2H3,(H,33,34,35). The van der Waals surface area contributed by atoms with Gasteiger partial charge in [-0.25, -0.2) is 9.97 Å². The summed E-state index contributed by atoms with van der Waals surface area (Å²) < 4.78 is 11.8. The number of nitrogens with zero attached hydrogens (tertiary/aromatic N) is 3. The van der Waals surface area contributed by atoms with E-state index in [1.807, 2.05) is 65.7 Å². The third kappa shape index (κ3) is 6.47. The van der Waals surface area contributed by atoms with Gasteiger partial charge in [0, 0.05) is 53.4 Å². The number of pyridine rings is 1. The summed E-state index contributed by atoms with van der Waals surface area (Å²) >= 11 is 3.15. The Hall–Kier alpha value is -4.08. The summed E-state index contributed by atoms with van der Waals surface area (Å²) in [6.07, 6.45) is 3.69. The molecule has 7 nitrogen and oxygen atoms in total. The first-order valence-corrected chi connectivity index (χ1v) is 15.2. The predicted molar refractivity (Wildman–Crippen MR) is 165 cm³/mol. The summed E-state index contributed by atoms with van der Waals surface area (Å²) in [7, 11) is 1.67. The number of methoxy groups -OCH3 is 1. The lowest BCUT2D eigenvalue weighted by atomic mass is 9.94. The van der Waals surface area contributed by atoms with Gasteiger partial charge in [-0.15, -0.1) is 11.3 Å². The highest BCUT2D eigenvalue weighted by molar-refractivity contribution is 7.99. The molecule has 0 bridgehead atoms. The third-order valence-corrected chi connectivity index (χ3v) is 8.88. The Balaban J connectivity index is 1.26. The van der Waals surface area contributed by atoms with E-state index in [1.54, 1.807) is 37.1 Å². The average molecular weight is 583 g/mol. The molecule has 208 valence electrons. The molecule has 1 N–H and O–H groups in total. The van der Waals surface area contributed by atoms with Crippen LogP contribution in [0.3, 0.4) is 0 Å². The number of piperidine rings is 1. The Morgan fingerprint density at radius 1 is 0.976 bits per heavy atom. The number of thiazole rings is 1. The number of fused-ring (bicyclic) bond motifs is 1. The molecule has 3 heterocycles. The molecule has 1 aliphatic heterocycles. The van der Waals surface area contributed by atoms with Crippen molar-refractivity contribution in [1.29, 1.82) is 0 Å². The number of aromatic nitrogens is 2. The van der Waals surface area contributed by atoms with Gasteiger partial charge in [0.15, 0.2) is 16.7 Å². The number of carbonyl (C=O) groups is 1. The molecule has 0 unspecified atom stereocenters. The highest BCUT2D eigenvalue weighted by Gasteiger charge is 2.24. The zero-order valence-corrected chi connectivity index (χ0v) is 24.5. The molecule has 0 radical (unpaired) electrons. The number of carbonyl (C=O) groups excluding carboxylic acids is 1. The molecule has 1 saturated heterocycles. The van der Waals surface area contributed by atoms with Crippen molar-refractivity contribution in [2.24, 2.45) is 0 Å². The Morgan fingerprint density at radius 2 is 1.80 bits per heavy atom. The molecular formula is C32H30N4O3S2. The van der Waals surface area contributed by atoms with Gasteiger partial charge in [0.05, 0.1) is 12.8 Å². The van der Waals surface area contributed by atoms with Crippen molar-refractivity contribution < 1.29 is 14.3 Å². The van der Waals surface area contributed by atoms with Gasteiger partial charge in [0.25, 0.3) is 0 Å². The van der Waals surface area contributed by atoms with Crippen molar-refractivity contribution in [3.8, 4) is 17.2 Å². The van der Waals surface area contributed by atoms with Crippen LogP contribution in [-0.4, -0.2) is 41.0 Å². The summed E-state index contributed by atoms with van der Waals surface area (Å²) in [5, 5.41) is 8.53. The maximum atomic E-state index is 11.7. The van der Waals surface area contributed by atoms with Gasteiger partial charge in [-0.1, -0.05) is 48.2 Å². The van der Waals surface area contributed by atoms with E-state index in [0.29, 0.717) is 17.5 Å². The van der Waals surface area contributed by atoms with Crippen molar-refractivity contribution in [3.63, 3.8) is 0 Å². The van der Waals surface area contributed by atoms with Gasteiger partial charge in [0.1, 0.15) is 11.5 Å². The molecule has 9 heteroatoms. The fraction of sp³-hybridized carbons (Fsp3) is 0.219. The lowest BCUT2D eigenvalue weighted by molar-refractivity contribution is -0.129. The van der Waals surface area contributed by atoms with Crippen LogP contribution in [0, 0.1) is 0 Å². The van der Waals surface area contributed by atoms with Gasteiger partial charge < -0.3 is 19.7 Å². The fourth-order valence-electron chi connectivity index (χ4n) is 4.94. The number of benzene rings is 3. The molecule has 0 atom stereocenters. The van der Waals surface area contributed by atoms with Gasteiger partial charge in [-0.2, -0.15) is 0 Å². The van der Waals surface area contributed by atoms with Crippen LogP contribution in [0.2, 0.25) is 0 Å². The number of anilines is 2. The molecule has 1 aliphatic rings. The number of likely N-dealkylation sites (tertiary alicyclic amines) is 1. The summed E-state index contributed by atoms with van der Waals surface area (Å²) in [6, 6.07) is 24.2. The molecule has 0 saturated carbocycles. The largest absolute Gasteiger partial charge is 0.497 e. The van der Waals surface area contributed by atoms with E-state index in [2.05, 4.69) is 28.9 Å².